The van der Waals surface area contributed by atoms with Crippen LogP contribution in [0.25, 0.3) is 10.8 Å². The lowest BCUT2D eigenvalue weighted by molar-refractivity contribution is 0.0978. The molecule has 0 spiro atoms. The summed E-state index contributed by atoms with van der Waals surface area (Å²) < 4.78 is 0. The van der Waals surface area contributed by atoms with Gasteiger partial charge >= 0.3 is 0 Å². The van der Waals surface area contributed by atoms with Gasteiger partial charge in [-0.1, -0.05) is 30.3 Å². The summed E-state index contributed by atoms with van der Waals surface area (Å²) in [6, 6.07) is 22.4. The van der Waals surface area contributed by atoms with Gasteiger partial charge in [0.2, 0.25) is 0 Å². The van der Waals surface area contributed by atoms with E-state index < -0.39 is 0 Å². The van der Waals surface area contributed by atoms with Crippen molar-refractivity contribution in [2.75, 3.05) is 16.8 Å². The van der Waals surface area contributed by atoms with Gasteiger partial charge in [0.25, 0.3) is 5.91 Å². The summed E-state index contributed by atoms with van der Waals surface area (Å²) in [5, 5.41) is 8.29. The molecule has 0 saturated carbocycles. The highest BCUT2D eigenvalue weighted by Crippen LogP contribution is 2.25. The molecular weight excluding hydrogens is 378 g/mol. The third-order valence-corrected chi connectivity index (χ3v) is 5.70. The Morgan fingerprint density at radius 3 is 2.52 bits per heavy atom. The highest BCUT2D eigenvalue weighted by Gasteiger charge is 2.18. The number of fused-ring (bicyclic) bond motifs is 1. The molecule has 29 heavy (non-hydrogen) atoms. The second kappa shape index (κ2) is 8.62. The fourth-order valence-electron chi connectivity index (χ4n) is 3.89. The van der Waals surface area contributed by atoms with Crippen molar-refractivity contribution in [2.24, 2.45) is 0 Å². The molecule has 0 aromatic heterocycles. The van der Waals surface area contributed by atoms with Crippen LogP contribution in [0.3, 0.4) is 0 Å². The first-order valence-corrected chi connectivity index (χ1v) is 10.5. The van der Waals surface area contributed by atoms with Crippen molar-refractivity contribution >= 4 is 45.4 Å². The summed E-state index contributed by atoms with van der Waals surface area (Å²) in [6.07, 6.45) is 3.79. The molecule has 1 aliphatic heterocycles. The standard InChI is InChI=1S/C24H25N3OS/c1-17-6-4-5-15-27(17)22-13-11-21(12-14-22)25-24(29)26-23(28)20-10-9-18-7-2-3-8-19(18)16-20/h2-3,7-14,16-17H,4-6,15H2,1H3,(H2,25,26,28,29)/t17-/m0/s1. The number of nitrogens with zero attached hydrogens (tertiary/aromatic N) is 1. The molecule has 1 aliphatic rings. The zero-order valence-corrected chi connectivity index (χ0v) is 17.3. The number of hydrogen-bond donors (Lipinski definition) is 2. The molecule has 1 saturated heterocycles. The van der Waals surface area contributed by atoms with Gasteiger partial charge in [0.1, 0.15) is 0 Å². The second-order valence-corrected chi connectivity index (χ2v) is 7.96. The predicted octanol–water partition coefficient (Wildman–Crippen LogP) is 5.35. The van der Waals surface area contributed by atoms with E-state index in [0.29, 0.717) is 16.7 Å². The molecule has 2 N–H and O–H groups in total. The van der Waals surface area contributed by atoms with Gasteiger partial charge in [-0.2, -0.15) is 0 Å². The van der Waals surface area contributed by atoms with Crippen LogP contribution in [0, 0.1) is 0 Å². The maximum absolute atomic E-state index is 12.5. The van der Waals surface area contributed by atoms with Crippen molar-refractivity contribution in [1.29, 1.82) is 0 Å². The van der Waals surface area contributed by atoms with E-state index in [1.807, 2.05) is 54.6 Å². The lowest BCUT2D eigenvalue weighted by atomic mass is 10.0. The van der Waals surface area contributed by atoms with Crippen molar-refractivity contribution < 1.29 is 4.79 Å². The number of amides is 1. The first-order valence-electron chi connectivity index (χ1n) is 10.1. The van der Waals surface area contributed by atoms with Gasteiger partial charge in [-0.25, -0.2) is 0 Å². The molecule has 3 aromatic carbocycles. The van der Waals surface area contributed by atoms with E-state index in [0.717, 1.165) is 23.0 Å². The molecule has 1 heterocycles. The molecular formula is C24H25N3OS. The minimum Gasteiger partial charge on any atom is -0.369 e. The Hall–Kier alpha value is -2.92. The number of carbonyl (C=O) groups is 1. The molecule has 0 bridgehead atoms. The van der Waals surface area contributed by atoms with Gasteiger partial charge in [0.15, 0.2) is 5.11 Å². The summed E-state index contributed by atoms with van der Waals surface area (Å²) in [6.45, 7) is 3.39. The molecule has 3 aromatic rings. The molecule has 0 aliphatic carbocycles. The Balaban J connectivity index is 1.38. The number of nitrogens with one attached hydrogen (secondary N) is 2. The van der Waals surface area contributed by atoms with E-state index >= 15 is 0 Å². The summed E-state index contributed by atoms with van der Waals surface area (Å²) in [4.78, 5) is 15.0. The number of rotatable bonds is 3. The number of thiocarbonyl (C=S) groups is 1. The first kappa shape index (κ1) is 19.4. The van der Waals surface area contributed by atoms with E-state index in [1.165, 1.54) is 24.9 Å². The van der Waals surface area contributed by atoms with Gasteiger partial charge in [0.05, 0.1) is 0 Å². The van der Waals surface area contributed by atoms with E-state index in [2.05, 4.69) is 34.6 Å². The van der Waals surface area contributed by atoms with Gasteiger partial charge in [-0.3, -0.25) is 10.1 Å². The zero-order valence-electron chi connectivity index (χ0n) is 16.5. The van der Waals surface area contributed by atoms with Gasteiger partial charge in [-0.15, -0.1) is 0 Å². The fraction of sp³-hybridized carbons (Fsp3) is 0.250. The quantitative estimate of drug-likeness (QED) is 0.579. The van der Waals surface area contributed by atoms with Crippen molar-refractivity contribution in [3.63, 3.8) is 0 Å². The predicted molar refractivity (Wildman–Crippen MR) is 125 cm³/mol. The SMILES string of the molecule is C[C@H]1CCCCN1c1ccc(NC(=S)NC(=O)c2ccc3ccccc3c2)cc1. The van der Waals surface area contributed by atoms with Crippen LogP contribution >= 0.6 is 12.2 Å². The topological polar surface area (TPSA) is 44.4 Å². The number of hydrogen-bond acceptors (Lipinski definition) is 3. The maximum atomic E-state index is 12.5. The lowest BCUT2D eigenvalue weighted by Gasteiger charge is -2.35. The Kier molecular flexibility index (Phi) is 5.76. The largest absolute Gasteiger partial charge is 0.369 e. The monoisotopic (exact) mass is 403 g/mol. The smallest absolute Gasteiger partial charge is 0.257 e. The van der Waals surface area contributed by atoms with Crippen LogP contribution in [0.4, 0.5) is 11.4 Å². The van der Waals surface area contributed by atoms with Crippen LogP contribution in [0.2, 0.25) is 0 Å². The minimum absolute atomic E-state index is 0.216. The summed E-state index contributed by atoms with van der Waals surface area (Å²) in [5.74, 6) is -0.216. The number of benzene rings is 3. The number of anilines is 2. The van der Waals surface area contributed by atoms with Crippen LogP contribution in [0.15, 0.2) is 66.7 Å². The maximum Gasteiger partial charge on any atom is 0.257 e. The molecule has 5 heteroatoms. The van der Waals surface area contributed by atoms with Crippen molar-refractivity contribution in [1.82, 2.24) is 5.32 Å². The number of piperidine rings is 1. The summed E-state index contributed by atoms with van der Waals surface area (Å²) in [7, 11) is 0. The summed E-state index contributed by atoms with van der Waals surface area (Å²) >= 11 is 5.33. The van der Waals surface area contributed by atoms with Gasteiger partial charge in [0, 0.05) is 29.5 Å². The average Bonchev–Trinajstić information content (AvgIpc) is 2.74. The molecule has 1 amide bonds. The first-order chi connectivity index (χ1) is 14.1. The van der Waals surface area contributed by atoms with E-state index in [9.17, 15) is 4.79 Å². The highest BCUT2D eigenvalue weighted by molar-refractivity contribution is 7.80. The molecule has 1 fully saturated rings. The van der Waals surface area contributed by atoms with Crippen LogP contribution in [0.1, 0.15) is 36.5 Å². The zero-order chi connectivity index (χ0) is 20.2. The Morgan fingerprint density at radius 2 is 1.76 bits per heavy atom. The van der Waals surface area contributed by atoms with Crippen LogP contribution in [-0.4, -0.2) is 23.6 Å². The number of carbonyl (C=O) groups excluding carboxylic acids is 1. The third-order valence-electron chi connectivity index (χ3n) is 5.50. The fourth-order valence-corrected chi connectivity index (χ4v) is 4.10. The Labute approximate surface area is 176 Å². The van der Waals surface area contributed by atoms with Crippen LogP contribution < -0.4 is 15.5 Å². The van der Waals surface area contributed by atoms with Crippen LogP contribution in [0.5, 0.6) is 0 Å². The molecule has 148 valence electrons. The van der Waals surface area contributed by atoms with E-state index in [1.54, 1.807) is 0 Å². The van der Waals surface area contributed by atoms with Crippen molar-refractivity contribution in [3.05, 3.63) is 72.3 Å². The third kappa shape index (κ3) is 4.57. The average molecular weight is 404 g/mol. The Morgan fingerprint density at radius 1 is 1.00 bits per heavy atom. The highest BCUT2D eigenvalue weighted by atomic mass is 32.1. The van der Waals surface area contributed by atoms with Gasteiger partial charge in [-0.05, 0) is 85.6 Å². The van der Waals surface area contributed by atoms with E-state index in [4.69, 9.17) is 12.2 Å². The molecule has 1 atom stereocenters. The van der Waals surface area contributed by atoms with Crippen LogP contribution in [-0.2, 0) is 0 Å². The normalized spacial score (nSPS) is 16.4. The molecule has 4 nitrogen and oxygen atoms in total. The molecule has 0 radical (unpaired) electrons. The molecule has 4 rings (SSSR count). The lowest BCUT2D eigenvalue weighted by Crippen LogP contribution is -2.37. The second-order valence-electron chi connectivity index (χ2n) is 7.56. The Bertz CT molecular complexity index is 1030. The minimum atomic E-state index is -0.216. The molecule has 0 unspecified atom stereocenters. The van der Waals surface area contributed by atoms with Gasteiger partial charge < -0.3 is 10.2 Å². The van der Waals surface area contributed by atoms with Crippen molar-refractivity contribution in [2.45, 2.75) is 32.2 Å². The summed E-state index contributed by atoms with van der Waals surface area (Å²) in [5.41, 5.74) is 2.68. The van der Waals surface area contributed by atoms with Crippen molar-refractivity contribution in [3.8, 4) is 0 Å². The van der Waals surface area contributed by atoms with E-state index in [-0.39, 0.29) is 5.91 Å².